The van der Waals surface area contributed by atoms with Crippen LogP contribution in [0.4, 0.5) is 0 Å². The van der Waals surface area contributed by atoms with Crippen molar-refractivity contribution in [3.05, 3.63) is 23.1 Å². The highest BCUT2D eigenvalue weighted by atomic mass is 35.7. The summed E-state index contributed by atoms with van der Waals surface area (Å²) in [7, 11) is 1.24. The van der Waals surface area contributed by atoms with Gasteiger partial charge in [-0.25, -0.2) is 8.42 Å². The standard InChI is InChI=1S/C6H5ClN2O2S.H2S/c7-12(10,11)4-1-2-5(8)6(9)3-4;/h1-3,8-9H;1H2. The number of halogens is 1. The monoisotopic (exact) mass is 238 g/mol. The highest BCUT2D eigenvalue weighted by Crippen LogP contribution is 2.16. The van der Waals surface area contributed by atoms with E-state index in [9.17, 15) is 8.42 Å². The van der Waals surface area contributed by atoms with Gasteiger partial charge in [0.05, 0.1) is 16.3 Å². The predicted octanol–water partition coefficient (Wildman–Crippen LogP) is 1.16. The van der Waals surface area contributed by atoms with E-state index in [1.807, 2.05) is 0 Å². The molecule has 0 radical (unpaired) electrons. The molecule has 0 fully saturated rings. The number of allylic oxidation sites excluding steroid dienone is 3. The van der Waals surface area contributed by atoms with E-state index in [1.165, 1.54) is 12.2 Å². The van der Waals surface area contributed by atoms with Crippen molar-refractivity contribution in [1.82, 2.24) is 0 Å². The molecule has 0 aromatic rings. The number of hydrogen-bond acceptors (Lipinski definition) is 4. The second-order valence-corrected chi connectivity index (χ2v) is 4.71. The number of hydrogen-bond donors (Lipinski definition) is 2. The summed E-state index contributed by atoms with van der Waals surface area (Å²) in [5.74, 6) is 0. The molecule has 0 saturated heterocycles. The lowest BCUT2D eigenvalue weighted by Gasteiger charge is -2.04. The molecule has 0 bridgehead atoms. The minimum absolute atomic E-state index is 0. The zero-order chi connectivity index (χ0) is 9.35. The topological polar surface area (TPSA) is 81.8 Å². The minimum atomic E-state index is -3.77. The summed E-state index contributed by atoms with van der Waals surface area (Å²) in [4.78, 5) is -0.148. The van der Waals surface area contributed by atoms with Gasteiger partial charge in [-0.05, 0) is 18.2 Å². The number of rotatable bonds is 1. The molecule has 0 aromatic carbocycles. The lowest BCUT2D eigenvalue weighted by Crippen LogP contribution is -2.12. The van der Waals surface area contributed by atoms with Gasteiger partial charge in [0.1, 0.15) is 0 Å². The zero-order valence-electron chi connectivity index (χ0n) is 6.33. The van der Waals surface area contributed by atoms with Gasteiger partial charge in [0.15, 0.2) is 0 Å². The van der Waals surface area contributed by atoms with Crippen molar-refractivity contribution in [3.8, 4) is 0 Å². The summed E-state index contributed by atoms with van der Waals surface area (Å²) >= 11 is 0. The van der Waals surface area contributed by atoms with Gasteiger partial charge in [-0.3, -0.25) is 10.8 Å². The van der Waals surface area contributed by atoms with E-state index < -0.39 is 9.05 Å². The van der Waals surface area contributed by atoms with E-state index in [4.69, 9.17) is 21.5 Å². The normalized spacial score (nSPS) is 16.5. The van der Waals surface area contributed by atoms with Crippen LogP contribution >= 0.6 is 24.2 Å². The molecule has 72 valence electrons. The van der Waals surface area contributed by atoms with Crippen LogP contribution in [0.2, 0.25) is 0 Å². The maximum Gasteiger partial charge on any atom is 0.261 e. The fourth-order valence-electron chi connectivity index (χ4n) is 0.675. The van der Waals surface area contributed by atoms with Crippen LogP contribution in [-0.4, -0.2) is 19.8 Å². The highest BCUT2D eigenvalue weighted by molar-refractivity contribution is 8.17. The minimum Gasteiger partial charge on any atom is -0.299 e. The van der Waals surface area contributed by atoms with Crippen LogP contribution in [0.1, 0.15) is 0 Å². The molecule has 0 saturated carbocycles. The summed E-state index contributed by atoms with van der Waals surface area (Å²) in [5.41, 5.74) is -0.184. The van der Waals surface area contributed by atoms with Crippen LogP contribution in [0.15, 0.2) is 23.1 Å². The van der Waals surface area contributed by atoms with Crippen molar-refractivity contribution in [3.63, 3.8) is 0 Å². The lowest BCUT2D eigenvalue weighted by molar-refractivity contribution is 0.615. The van der Waals surface area contributed by atoms with Crippen molar-refractivity contribution in [1.29, 1.82) is 10.8 Å². The third kappa shape index (κ3) is 2.98. The molecule has 0 unspecified atom stereocenters. The van der Waals surface area contributed by atoms with Gasteiger partial charge >= 0.3 is 0 Å². The lowest BCUT2D eigenvalue weighted by atomic mass is 10.1. The van der Waals surface area contributed by atoms with Crippen LogP contribution < -0.4 is 0 Å². The molecule has 0 atom stereocenters. The van der Waals surface area contributed by atoms with Gasteiger partial charge in [0, 0.05) is 10.7 Å². The van der Waals surface area contributed by atoms with Crippen LogP contribution in [-0.2, 0) is 9.05 Å². The number of nitrogens with one attached hydrogen (secondary N) is 2. The van der Waals surface area contributed by atoms with E-state index in [0.29, 0.717) is 0 Å². The second kappa shape index (κ2) is 4.08. The maximum atomic E-state index is 10.7. The summed E-state index contributed by atoms with van der Waals surface area (Å²) in [5, 5.41) is 14.2. The Bertz CT molecular complexity index is 408. The fraction of sp³-hybridized carbons (Fsp3) is 0. The first kappa shape index (κ1) is 12.4. The Morgan fingerprint density at radius 2 is 1.69 bits per heavy atom. The molecule has 0 aromatic heterocycles. The first-order valence-corrected chi connectivity index (χ1v) is 5.24. The Morgan fingerprint density at radius 3 is 2.08 bits per heavy atom. The van der Waals surface area contributed by atoms with Gasteiger partial charge in [-0.15, -0.1) is 0 Å². The van der Waals surface area contributed by atoms with E-state index >= 15 is 0 Å². The van der Waals surface area contributed by atoms with E-state index in [0.717, 1.165) is 6.08 Å². The van der Waals surface area contributed by atoms with Crippen molar-refractivity contribution < 1.29 is 8.42 Å². The summed E-state index contributed by atoms with van der Waals surface area (Å²) in [6, 6.07) is 0. The molecular weight excluding hydrogens is 232 g/mol. The molecule has 7 heteroatoms. The Balaban J connectivity index is 0.00000144. The average molecular weight is 239 g/mol. The molecule has 0 spiro atoms. The molecule has 0 aliphatic heterocycles. The van der Waals surface area contributed by atoms with Gasteiger partial charge < -0.3 is 0 Å². The van der Waals surface area contributed by atoms with Gasteiger partial charge in [-0.2, -0.15) is 13.5 Å². The Labute approximate surface area is 87.2 Å². The second-order valence-electron chi connectivity index (χ2n) is 2.15. The van der Waals surface area contributed by atoms with Crippen LogP contribution in [0.5, 0.6) is 0 Å². The highest BCUT2D eigenvalue weighted by Gasteiger charge is 2.16. The van der Waals surface area contributed by atoms with Gasteiger partial charge in [0.2, 0.25) is 0 Å². The van der Waals surface area contributed by atoms with Crippen LogP contribution in [0.3, 0.4) is 0 Å². The van der Waals surface area contributed by atoms with E-state index in [1.54, 1.807) is 0 Å². The summed E-state index contributed by atoms with van der Waals surface area (Å²) in [6.07, 6.45) is 3.46. The molecule has 0 amide bonds. The molecular formula is C6H7ClN2O2S2. The first-order chi connectivity index (χ1) is 5.41. The third-order valence-electron chi connectivity index (χ3n) is 1.27. The fourth-order valence-corrected chi connectivity index (χ4v) is 1.45. The van der Waals surface area contributed by atoms with Crippen molar-refractivity contribution in [2.45, 2.75) is 0 Å². The van der Waals surface area contributed by atoms with E-state index in [2.05, 4.69) is 0 Å². The SMILES string of the molecule is N=C1C=CC(S(=O)(=O)Cl)=CC1=N.S. The molecule has 1 aliphatic rings. The van der Waals surface area contributed by atoms with Gasteiger partial charge in [0.25, 0.3) is 9.05 Å². The third-order valence-corrected chi connectivity index (χ3v) is 2.62. The van der Waals surface area contributed by atoms with Crippen molar-refractivity contribution in [2.24, 2.45) is 0 Å². The van der Waals surface area contributed by atoms with Crippen molar-refractivity contribution >= 4 is 44.7 Å². The quantitative estimate of drug-likeness (QED) is 0.531. The molecule has 13 heavy (non-hydrogen) atoms. The molecule has 1 aliphatic carbocycles. The Morgan fingerprint density at radius 1 is 1.15 bits per heavy atom. The van der Waals surface area contributed by atoms with E-state index in [-0.39, 0.29) is 29.8 Å². The smallest absolute Gasteiger partial charge is 0.261 e. The molecule has 2 N–H and O–H groups in total. The van der Waals surface area contributed by atoms with Gasteiger partial charge in [-0.1, -0.05) is 0 Å². The average Bonchev–Trinajstić information content (AvgIpc) is 1.92. The molecule has 1 rings (SSSR count). The summed E-state index contributed by atoms with van der Waals surface area (Å²) in [6.45, 7) is 0. The largest absolute Gasteiger partial charge is 0.299 e. The molecule has 4 nitrogen and oxygen atoms in total. The van der Waals surface area contributed by atoms with Crippen LogP contribution in [0.25, 0.3) is 0 Å². The van der Waals surface area contributed by atoms with Crippen LogP contribution in [0, 0.1) is 10.8 Å². The van der Waals surface area contributed by atoms with Crippen molar-refractivity contribution in [2.75, 3.05) is 0 Å². The first-order valence-electron chi connectivity index (χ1n) is 2.93. The summed E-state index contributed by atoms with van der Waals surface area (Å²) < 4.78 is 21.4. The maximum absolute atomic E-state index is 10.7. The Kier molecular flexibility index (Phi) is 3.89. The zero-order valence-corrected chi connectivity index (χ0v) is 8.91. The molecule has 0 heterocycles. The predicted molar refractivity (Wildman–Crippen MR) is 57.8 cm³/mol. The Hall–Kier alpha value is -0.590.